The largest absolute Gasteiger partial charge is 0.507 e. The predicted octanol–water partition coefficient (Wildman–Crippen LogP) is 5.81. The number of Topliss-reactive ketones (excluding diaryl/α,β-unsaturated/α-hetero) is 1. The van der Waals surface area contributed by atoms with Crippen LogP contribution < -0.4 is 0 Å². The maximum Gasteiger partial charge on any atom is 0.290 e. The molecule has 0 radical (unpaired) electrons. The van der Waals surface area contributed by atoms with E-state index in [0.29, 0.717) is 17.0 Å². The van der Waals surface area contributed by atoms with Crippen molar-refractivity contribution in [3.8, 4) is 5.75 Å². The molecule has 0 bridgehead atoms. The van der Waals surface area contributed by atoms with Gasteiger partial charge in [-0.15, -0.1) is 11.3 Å². The van der Waals surface area contributed by atoms with Crippen molar-refractivity contribution in [1.29, 1.82) is 0 Å². The van der Waals surface area contributed by atoms with Crippen LogP contribution >= 0.6 is 11.3 Å². The third kappa shape index (κ3) is 4.76. The lowest BCUT2D eigenvalue weighted by molar-refractivity contribution is -0.131. The molecule has 1 amide bonds. The van der Waals surface area contributed by atoms with Crippen molar-refractivity contribution >= 4 is 23.0 Å². The van der Waals surface area contributed by atoms with Crippen molar-refractivity contribution in [1.82, 2.24) is 4.90 Å². The number of nitrogens with zero attached hydrogens (tertiary/aromatic N) is 1. The SMILES string of the molecule is CC(C)(C)c1cc(C2C(C(=O)c3cccs3)=C(O)C(=O)N2CC2CCCO2)cc(C(C)(C)C)c1O. The number of aliphatic hydroxyl groups is 1. The lowest BCUT2D eigenvalue weighted by Crippen LogP contribution is -2.37. The zero-order valence-corrected chi connectivity index (χ0v) is 22.2. The summed E-state index contributed by atoms with van der Waals surface area (Å²) in [6.45, 7) is 13.0. The minimum absolute atomic E-state index is 0.0841. The third-order valence-electron chi connectivity index (χ3n) is 6.78. The monoisotopic (exact) mass is 497 g/mol. The summed E-state index contributed by atoms with van der Waals surface area (Å²) in [5.74, 6) is -1.20. The van der Waals surface area contributed by atoms with Crippen molar-refractivity contribution in [2.45, 2.75) is 77.4 Å². The van der Waals surface area contributed by atoms with E-state index in [4.69, 9.17) is 4.74 Å². The number of hydrogen-bond donors (Lipinski definition) is 2. The van der Waals surface area contributed by atoms with Crippen LogP contribution in [-0.4, -0.2) is 46.1 Å². The highest BCUT2D eigenvalue weighted by molar-refractivity contribution is 7.12. The molecule has 1 saturated heterocycles. The number of benzene rings is 1. The van der Waals surface area contributed by atoms with Gasteiger partial charge in [0.1, 0.15) is 5.75 Å². The molecule has 188 valence electrons. The summed E-state index contributed by atoms with van der Waals surface area (Å²) in [4.78, 5) is 29.0. The highest BCUT2D eigenvalue weighted by Crippen LogP contribution is 2.46. The number of rotatable bonds is 5. The highest BCUT2D eigenvalue weighted by Gasteiger charge is 2.46. The van der Waals surface area contributed by atoms with Gasteiger partial charge in [0, 0.05) is 13.2 Å². The molecule has 4 rings (SSSR count). The fourth-order valence-corrected chi connectivity index (χ4v) is 5.60. The molecule has 35 heavy (non-hydrogen) atoms. The minimum atomic E-state index is -0.774. The van der Waals surface area contributed by atoms with E-state index in [1.165, 1.54) is 11.3 Å². The summed E-state index contributed by atoms with van der Waals surface area (Å²) in [7, 11) is 0. The fourth-order valence-electron chi connectivity index (χ4n) is 4.93. The van der Waals surface area contributed by atoms with Gasteiger partial charge in [-0.05, 0) is 63.9 Å². The summed E-state index contributed by atoms with van der Waals surface area (Å²) in [5, 5.41) is 24.0. The molecule has 1 fully saturated rings. The Hall–Kier alpha value is -2.64. The molecule has 7 heteroatoms. The number of phenols is 1. The van der Waals surface area contributed by atoms with Gasteiger partial charge in [-0.3, -0.25) is 9.59 Å². The van der Waals surface area contributed by atoms with Gasteiger partial charge in [-0.25, -0.2) is 0 Å². The first-order valence-corrected chi connectivity index (χ1v) is 13.0. The molecule has 3 heterocycles. The van der Waals surface area contributed by atoms with Crippen molar-refractivity contribution in [2.24, 2.45) is 0 Å². The van der Waals surface area contributed by atoms with Crippen LogP contribution in [0.1, 0.15) is 86.8 Å². The molecule has 2 aliphatic heterocycles. The van der Waals surface area contributed by atoms with Crippen LogP contribution in [-0.2, 0) is 20.4 Å². The first-order chi connectivity index (χ1) is 16.3. The Labute approximate surface area is 211 Å². The van der Waals surface area contributed by atoms with E-state index in [-0.39, 0.29) is 40.6 Å². The molecule has 2 atom stereocenters. The van der Waals surface area contributed by atoms with E-state index in [9.17, 15) is 19.8 Å². The fraction of sp³-hybridized carbons (Fsp3) is 0.500. The molecule has 2 aromatic rings. The Morgan fingerprint density at radius 1 is 1.11 bits per heavy atom. The number of aromatic hydroxyl groups is 1. The van der Waals surface area contributed by atoms with E-state index in [1.807, 2.05) is 53.7 Å². The Morgan fingerprint density at radius 2 is 1.74 bits per heavy atom. The van der Waals surface area contributed by atoms with Gasteiger partial charge >= 0.3 is 0 Å². The Morgan fingerprint density at radius 3 is 2.23 bits per heavy atom. The number of ketones is 1. The van der Waals surface area contributed by atoms with E-state index in [0.717, 1.165) is 24.0 Å². The van der Waals surface area contributed by atoms with Crippen LogP contribution in [0.3, 0.4) is 0 Å². The van der Waals surface area contributed by atoms with Crippen molar-refractivity contribution in [3.05, 3.63) is 62.5 Å². The van der Waals surface area contributed by atoms with Crippen molar-refractivity contribution < 1.29 is 24.5 Å². The average Bonchev–Trinajstić information content (AvgIpc) is 3.51. The summed E-state index contributed by atoms with van der Waals surface area (Å²) in [6.07, 6.45) is 1.59. The second-order valence-electron chi connectivity index (χ2n) is 11.5. The van der Waals surface area contributed by atoms with Gasteiger partial charge in [0.05, 0.1) is 22.6 Å². The average molecular weight is 498 g/mol. The lowest BCUT2D eigenvalue weighted by Gasteiger charge is -2.33. The second-order valence-corrected chi connectivity index (χ2v) is 12.5. The number of amides is 1. The standard InChI is InChI=1S/C28H35NO5S/c1-27(2,3)18-13-16(14-19(23(18)30)28(4,5)6)22-21(24(31)20-10-8-12-35-20)25(32)26(33)29(22)15-17-9-7-11-34-17/h8,10,12-14,17,22,30,32H,7,9,11,15H2,1-6H3. The molecule has 2 aliphatic rings. The molecule has 0 aliphatic carbocycles. The van der Waals surface area contributed by atoms with Gasteiger partial charge in [-0.1, -0.05) is 47.6 Å². The maximum atomic E-state index is 13.6. The van der Waals surface area contributed by atoms with Gasteiger partial charge in [0.25, 0.3) is 5.91 Å². The molecule has 2 N–H and O–H groups in total. The smallest absolute Gasteiger partial charge is 0.290 e. The lowest BCUT2D eigenvalue weighted by atomic mass is 9.77. The van der Waals surface area contributed by atoms with Crippen molar-refractivity contribution in [3.63, 3.8) is 0 Å². The van der Waals surface area contributed by atoms with Gasteiger partial charge in [0.2, 0.25) is 5.78 Å². The minimum Gasteiger partial charge on any atom is -0.507 e. The number of phenolic OH excluding ortho intramolecular Hbond substituents is 1. The first kappa shape index (κ1) is 25.5. The molecular weight excluding hydrogens is 462 g/mol. The normalized spacial score (nSPS) is 21.3. The number of thiophene rings is 1. The number of carbonyl (C=O) groups excluding carboxylic acids is 2. The van der Waals surface area contributed by atoms with E-state index < -0.39 is 17.7 Å². The Balaban J connectivity index is 1.92. The first-order valence-electron chi connectivity index (χ1n) is 12.1. The van der Waals surface area contributed by atoms with Crippen LogP contribution in [0.25, 0.3) is 0 Å². The topological polar surface area (TPSA) is 87.1 Å². The number of hydrogen-bond acceptors (Lipinski definition) is 6. The summed E-state index contributed by atoms with van der Waals surface area (Å²) < 4.78 is 5.81. The number of aliphatic hydroxyl groups excluding tert-OH is 1. The van der Waals surface area contributed by atoms with Crippen LogP contribution in [0, 0.1) is 0 Å². The Bertz CT molecular complexity index is 1130. The van der Waals surface area contributed by atoms with Crippen LogP contribution in [0.2, 0.25) is 0 Å². The molecule has 1 aromatic carbocycles. The van der Waals surface area contributed by atoms with Gasteiger partial charge < -0.3 is 19.8 Å². The van der Waals surface area contributed by atoms with Crippen LogP contribution in [0.15, 0.2) is 41.0 Å². The molecule has 6 nitrogen and oxygen atoms in total. The van der Waals surface area contributed by atoms with Gasteiger partial charge in [-0.2, -0.15) is 0 Å². The molecule has 2 unspecified atom stereocenters. The van der Waals surface area contributed by atoms with E-state index in [2.05, 4.69) is 0 Å². The number of carbonyl (C=O) groups is 2. The quantitative estimate of drug-likeness (QED) is 0.510. The zero-order valence-electron chi connectivity index (χ0n) is 21.3. The predicted molar refractivity (Wildman–Crippen MR) is 137 cm³/mol. The second kappa shape index (κ2) is 9.10. The third-order valence-corrected chi connectivity index (χ3v) is 7.65. The summed E-state index contributed by atoms with van der Waals surface area (Å²) in [5.41, 5.74) is 1.49. The van der Waals surface area contributed by atoms with Crippen molar-refractivity contribution in [2.75, 3.05) is 13.2 Å². The molecular formula is C28H35NO5S. The van der Waals surface area contributed by atoms with Crippen LogP contribution in [0.5, 0.6) is 5.75 Å². The maximum absolute atomic E-state index is 13.6. The van der Waals surface area contributed by atoms with E-state index in [1.54, 1.807) is 22.4 Å². The molecule has 0 spiro atoms. The Kier molecular flexibility index (Phi) is 6.62. The highest BCUT2D eigenvalue weighted by atomic mass is 32.1. The zero-order chi connectivity index (χ0) is 25.7. The number of ether oxygens (including phenoxy) is 1. The molecule has 1 aromatic heterocycles. The molecule has 0 saturated carbocycles. The van der Waals surface area contributed by atoms with E-state index >= 15 is 0 Å². The van der Waals surface area contributed by atoms with Gasteiger partial charge in [0.15, 0.2) is 5.76 Å². The summed E-state index contributed by atoms with van der Waals surface area (Å²) >= 11 is 1.28. The van der Waals surface area contributed by atoms with Crippen LogP contribution in [0.4, 0.5) is 0 Å². The summed E-state index contributed by atoms with van der Waals surface area (Å²) in [6, 6.07) is 6.47.